The number of rotatable bonds is 12. The van der Waals surface area contributed by atoms with E-state index in [0.29, 0.717) is 38.2 Å². The highest BCUT2D eigenvalue weighted by Crippen LogP contribution is 2.29. The summed E-state index contributed by atoms with van der Waals surface area (Å²) in [5, 5.41) is 0. The van der Waals surface area contributed by atoms with Gasteiger partial charge >= 0.3 is 6.18 Å². The van der Waals surface area contributed by atoms with Crippen LogP contribution in [0.5, 0.6) is 0 Å². The molecule has 6 nitrogen and oxygen atoms in total. The molecule has 0 aliphatic carbocycles. The number of carbonyl (C=O) groups is 2. The first kappa shape index (κ1) is 37.2. The molecule has 1 fully saturated rings. The molecule has 1 atom stereocenters. The van der Waals surface area contributed by atoms with Crippen LogP contribution in [0.3, 0.4) is 0 Å². The average Bonchev–Trinajstić information content (AvgIpc) is 3.19. The van der Waals surface area contributed by atoms with Crippen molar-refractivity contribution in [3.05, 3.63) is 167 Å². The average molecular weight is 717 g/mol. The van der Waals surface area contributed by atoms with Crippen molar-refractivity contribution in [2.75, 3.05) is 26.2 Å². The molecule has 6 rings (SSSR count). The SMILES string of the molecule is CCc1ccc(CN2CCN(C(=O)[C@H](Cc3ccccc3)N(Cc3ccc(-c4ccccn4)cc3)C(=O)/C=C/c3ccc(C(F)(F)F)cc3)CC2)cc1. The number of benzene rings is 4. The van der Waals surface area contributed by atoms with E-state index in [-0.39, 0.29) is 12.5 Å². The Hall–Kier alpha value is -5.54. The van der Waals surface area contributed by atoms with Crippen LogP contribution in [-0.4, -0.2) is 63.7 Å². The van der Waals surface area contributed by atoms with Gasteiger partial charge in [-0.15, -0.1) is 0 Å². The van der Waals surface area contributed by atoms with E-state index in [9.17, 15) is 22.8 Å². The van der Waals surface area contributed by atoms with E-state index in [1.807, 2.05) is 77.7 Å². The van der Waals surface area contributed by atoms with Crippen molar-refractivity contribution in [1.82, 2.24) is 19.7 Å². The minimum Gasteiger partial charge on any atom is -0.338 e. The Kier molecular flexibility index (Phi) is 12.2. The lowest BCUT2D eigenvalue weighted by molar-refractivity contribution is -0.145. The molecule has 0 radical (unpaired) electrons. The zero-order chi connectivity index (χ0) is 37.2. The van der Waals surface area contributed by atoms with E-state index in [1.54, 1.807) is 11.1 Å². The third-order valence-electron chi connectivity index (χ3n) is 9.66. The Morgan fingerprint density at radius 3 is 2.02 bits per heavy atom. The van der Waals surface area contributed by atoms with Gasteiger partial charge in [0.1, 0.15) is 6.04 Å². The fraction of sp³-hybridized carbons (Fsp3) is 0.250. The van der Waals surface area contributed by atoms with Gasteiger partial charge in [0, 0.05) is 63.5 Å². The molecule has 53 heavy (non-hydrogen) atoms. The molecule has 1 saturated heterocycles. The van der Waals surface area contributed by atoms with Gasteiger partial charge in [0.05, 0.1) is 11.3 Å². The highest BCUT2D eigenvalue weighted by Gasteiger charge is 2.34. The number of hydrogen-bond acceptors (Lipinski definition) is 4. The lowest BCUT2D eigenvalue weighted by Gasteiger charge is -2.39. The number of alkyl halides is 3. The summed E-state index contributed by atoms with van der Waals surface area (Å²) in [6.45, 7) is 5.55. The van der Waals surface area contributed by atoms with Crippen LogP contribution in [0, 0.1) is 0 Å². The number of pyridine rings is 1. The monoisotopic (exact) mass is 716 g/mol. The van der Waals surface area contributed by atoms with Gasteiger partial charge in [-0.25, -0.2) is 0 Å². The molecule has 1 aromatic heterocycles. The van der Waals surface area contributed by atoms with Crippen LogP contribution in [0.4, 0.5) is 13.2 Å². The van der Waals surface area contributed by atoms with Gasteiger partial charge in [-0.3, -0.25) is 19.5 Å². The first-order valence-electron chi connectivity index (χ1n) is 18.0. The zero-order valence-electron chi connectivity index (χ0n) is 29.8. The van der Waals surface area contributed by atoms with Crippen LogP contribution >= 0.6 is 0 Å². The molecule has 9 heteroatoms. The number of halogens is 3. The maximum absolute atomic E-state index is 14.6. The molecule has 0 N–H and O–H groups in total. The van der Waals surface area contributed by atoms with E-state index in [2.05, 4.69) is 41.1 Å². The van der Waals surface area contributed by atoms with Crippen LogP contribution in [-0.2, 0) is 41.7 Å². The normalized spacial score (nSPS) is 14.3. The van der Waals surface area contributed by atoms with Gasteiger partial charge in [-0.05, 0) is 64.6 Å². The fourth-order valence-corrected chi connectivity index (χ4v) is 6.54. The van der Waals surface area contributed by atoms with Gasteiger partial charge in [-0.2, -0.15) is 13.2 Å². The topological polar surface area (TPSA) is 56.8 Å². The maximum Gasteiger partial charge on any atom is 0.416 e. The molecule has 272 valence electrons. The summed E-state index contributed by atoms with van der Waals surface area (Å²) in [7, 11) is 0. The van der Waals surface area contributed by atoms with Gasteiger partial charge in [-0.1, -0.05) is 104 Å². The van der Waals surface area contributed by atoms with Crippen molar-refractivity contribution in [1.29, 1.82) is 0 Å². The van der Waals surface area contributed by atoms with Crippen LogP contribution in [0.15, 0.2) is 134 Å². The van der Waals surface area contributed by atoms with Crippen LogP contribution < -0.4 is 0 Å². The second-order valence-corrected chi connectivity index (χ2v) is 13.3. The number of amides is 2. The number of piperazine rings is 1. The summed E-state index contributed by atoms with van der Waals surface area (Å²) in [5.41, 5.74) is 5.69. The molecular formula is C44H43F3N4O2. The smallest absolute Gasteiger partial charge is 0.338 e. The predicted molar refractivity (Wildman–Crippen MR) is 202 cm³/mol. The van der Waals surface area contributed by atoms with E-state index in [0.717, 1.165) is 47.5 Å². The van der Waals surface area contributed by atoms with Crippen molar-refractivity contribution in [2.45, 2.75) is 45.1 Å². The van der Waals surface area contributed by atoms with Crippen LogP contribution in [0.2, 0.25) is 0 Å². The summed E-state index contributed by atoms with van der Waals surface area (Å²) in [6, 6.07) is 35.6. The van der Waals surface area contributed by atoms with E-state index < -0.39 is 23.7 Å². The number of aryl methyl sites for hydroxylation is 1. The van der Waals surface area contributed by atoms with E-state index >= 15 is 0 Å². The lowest BCUT2D eigenvalue weighted by Crippen LogP contribution is -2.56. The molecule has 2 heterocycles. The summed E-state index contributed by atoms with van der Waals surface area (Å²) in [5.74, 6) is -0.552. The van der Waals surface area contributed by atoms with Gasteiger partial charge in [0.15, 0.2) is 0 Å². The number of nitrogens with zero attached hydrogens (tertiary/aromatic N) is 4. The third kappa shape index (κ3) is 10.1. The summed E-state index contributed by atoms with van der Waals surface area (Å²) in [4.78, 5) is 39.0. The van der Waals surface area contributed by atoms with Gasteiger partial charge < -0.3 is 9.80 Å². The first-order chi connectivity index (χ1) is 25.7. The molecule has 0 bridgehead atoms. The van der Waals surface area contributed by atoms with Crippen LogP contribution in [0.1, 0.15) is 40.3 Å². The summed E-state index contributed by atoms with van der Waals surface area (Å²) in [6.07, 6.45) is 1.41. The molecule has 5 aromatic rings. The maximum atomic E-state index is 14.6. The highest BCUT2D eigenvalue weighted by molar-refractivity contribution is 5.95. The molecule has 1 aliphatic rings. The van der Waals surface area contributed by atoms with Crippen molar-refractivity contribution in [2.24, 2.45) is 0 Å². The van der Waals surface area contributed by atoms with Crippen molar-refractivity contribution < 1.29 is 22.8 Å². The lowest BCUT2D eigenvalue weighted by atomic mass is 10.0. The van der Waals surface area contributed by atoms with E-state index in [4.69, 9.17) is 0 Å². The molecule has 0 saturated carbocycles. The first-order valence-corrected chi connectivity index (χ1v) is 18.0. The van der Waals surface area contributed by atoms with E-state index in [1.165, 1.54) is 35.4 Å². The van der Waals surface area contributed by atoms with Crippen molar-refractivity contribution >= 4 is 17.9 Å². The Bertz CT molecular complexity index is 1960. The fourth-order valence-electron chi connectivity index (χ4n) is 6.54. The molecule has 1 aliphatic heterocycles. The Balaban J connectivity index is 1.26. The van der Waals surface area contributed by atoms with Gasteiger partial charge in [0.25, 0.3) is 0 Å². The Labute approximate surface area is 309 Å². The zero-order valence-corrected chi connectivity index (χ0v) is 29.8. The largest absolute Gasteiger partial charge is 0.416 e. The van der Waals surface area contributed by atoms with Crippen molar-refractivity contribution in [3.8, 4) is 11.3 Å². The molecule has 0 spiro atoms. The second kappa shape index (κ2) is 17.3. The second-order valence-electron chi connectivity index (χ2n) is 13.3. The van der Waals surface area contributed by atoms with Gasteiger partial charge in [0.2, 0.25) is 11.8 Å². The predicted octanol–water partition coefficient (Wildman–Crippen LogP) is 8.33. The Morgan fingerprint density at radius 1 is 0.755 bits per heavy atom. The molecule has 2 amide bonds. The standard InChI is InChI=1S/C44H43F3N4O2/c1-2-33-11-13-36(14-12-33)31-49-26-28-50(29-27-49)43(53)41(30-35-8-4-3-5-9-35)51(32-37-15-20-38(21-16-37)40-10-6-7-25-48-40)42(52)24-19-34-17-22-39(23-18-34)44(45,46)47/h3-25,41H,2,26-32H2,1H3/b24-19+/t41-/m0/s1. The number of aromatic nitrogens is 1. The van der Waals surface area contributed by atoms with Crippen molar-refractivity contribution in [3.63, 3.8) is 0 Å². The summed E-state index contributed by atoms with van der Waals surface area (Å²) < 4.78 is 39.6. The third-order valence-corrected chi connectivity index (χ3v) is 9.66. The van der Waals surface area contributed by atoms with Crippen LogP contribution in [0.25, 0.3) is 17.3 Å². The Morgan fingerprint density at radius 2 is 1.40 bits per heavy atom. The minimum atomic E-state index is -4.46. The number of hydrogen-bond donors (Lipinski definition) is 0. The number of carbonyl (C=O) groups excluding carboxylic acids is 2. The molecule has 0 unspecified atom stereocenters. The molecule has 4 aromatic carbocycles. The molecular weight excluding hydrogens is 674 g/mol. The minimum absolute atomic E-state index is 0.137. The quantitative estimate of drug-likeness (QED) is 0.122. The summed E-state index contributed by atoms with van der Waals surface area (Å²) >= 11 is 0. The highest BCUT2D eigenvalue weighted by atomic mass is 19.4.